The quantitative estimate of drug-likeness (QED) is 0.492. The number of nitrogens with zero attached hydrogens (tertiary/aromatic N) is 2. The van der Waals surface area contributed by atoms with Crippen LogP contribution < -0.4 is 14.4 Å². The van der Waals surface area contributed by atoms with Crippen LogP contribution in [0.15, 0.2) is 54.6 Å². The molecule has 0 saturated heterocycles. The summed E-state index contributed by atoms with van der Waals surface area (Å²) < 4.78 is 31.7. The highest BCUT2D eigenvalue weighted by Crippen LogP contribution is 2.24. The third kappa shape index (κ3) is 7.46. The van der Waals surface area contributed by atoms with Gasteiger partial charge in [0.05, 0.1) is 19.1 Å². The lowest BCUT2D eigenvalue weighted by Crippen LogP contribution is -2.53. The molecule has 1 aliphatic carbocycles. The molecule has 0 heterocycles. The normalized spacial score (nSPS) is 15.1. The van der Waals surface area contributed by atoms with Gasteiger partial charge in [-0.3, -0.25) is 13.9 Å². The number of carbonyl (C=O) groups excluding carboxylic acids is 2. The van der Waals surface area contributed by atoms with Gasteiger partial charge < -0.3 is 15.0 Å². The average molecular weight is 516 g/mol. The minimum atomic E-state index is -3.79. The van der Waals surface area contributed by atoms with Crippen LogP contribution in [0.25, 0.3) is 0 Å². The summed E-state index contributed by atoms with van der Waals surface area (Å²) in [5.41, 5.74) is 1.19. The first-order chi connectivity index (χ1) is 17.2. The maximum atomic E-state index is 13.7. The molecule has 1 fully saturated rings. The molecule has 3 rings (SSSR count). The molecular formula is C27H37N3O5S. The molecule has 8 nitrogen and oxygen atoms in total. The number of hydrogen-bond acceptors (Lipinski definition) is 5. The minimum absolute atomic E-state index is 0.110. The van der Waals surface area contributed by atoms with Crippen molar-refractivity contribution in [2.24, 2.45) is 0 Å². The van der Waals surface area contributed by atoms with Gasteiger partial charge in [0.25, 0.3) is 0 Å². The summed E-state index contributed by atoms with van der Waals surface area (Å²) in [7, 11) is -2.30. The van der Waals surface area contributed by atoms with E-state index < -0.39 is 28.5 Å². The Morgan fingerprint density at radius 2 is 1.75 bits per heavy atom. The summed E-state index contributed by atoms with van der Waals surface area (Å²) in [5.74, 6) is -0.160. The summed E-state index contributed by atoms with van der Waals surface area (Å²) in [6.07, 6.45) is 6.69. The molecule has 0 aromatic heterocycles. The first-order valence-corrected chi connectivity index (χ1v) is 14.3. The van der Waals surface area contributed by atoms with E-state index >= 15 is 0 Å². The third-order valence-corrected chi connectivity index (χ3v) is 7.69. The van der Waals surface area contributed by atoms with Crippen molar-refractivity contribution in [2.45, 2.75) is 64.1 Å². The third-order valence-electron chi connectivity index (χ3n) is 6.55. The monoisotopic (exact) mass is 515 g/mol. The van der Waals surface area contributed by atoms with Gasteiger partial charge in [0.2, 0.25) is 21.8 Å². The maximum absolute atomic E-state index is 13.7. The molecular weight excluding hydrogens is 478 g/mol. The van der Waals surface area contributed by atoms with E-state index in [1.165, 1.54) is 18.4 Å². The fourth-order valence-corrected chi connectivity index (χ4v) is 5.46. The van der Waals surface area contributed by atoms with E-state index in [2.05, 4.69) is 5.32 Å². The van der Waals surface area contributed by atoms with Gasteiger partial charge >= 0.3 is 0 Å². The zero-order chi connectivity index (χ0) is 26.1. The van der Waals surface area contributed by atoms with Crippen LogP contribution in [0.3, 0.4) is 0 Å². The fourth-order valence-electron chi connectivity index (χ4n) is 4.62. The SMILES string of the molecule is CC[C@H](C(=O)NC1CCCCC1)N(Cc1ccccc1)C(=O)CN(c1cccc(OC)c1)S(C)(=O)=O. The number of sulfonamides is 1. The Hall–Kier alpha value is -3.07. The summed E-state index contributed by atoms with van der Waals surface area (Å²) in [5, 5.41) is 3.14. The number of carbonyl (C=O) groups is 2. The van der Waals surface area contributed by atoms with Gasteiger partial charge in [-0.1, -0.05) is 62.6 Å². The minimum Gasteiger partial charge on any atom is -0.497 e. The lowest BCUT2D eigenvalue weighted by Gasteiger charge is -2.34. The molecule has 2 aromatic carbocycles. The zero-order valence-corrected chi connectivity index (χ0v) is 22.2. The van der Waals surface area contributed by atoms with Crippen LogP contribution in [0, 0.1) is 0 Å². The van der Waals surface area contributed by atoms with Crippen molar-refractivity contribution in [3.8, 4) is 5.75 Å². The molecule has 1 saturated carbocycles. The number of nitrogens with one attached hydrogen (secondary N) is 1. The fraction of sp³-hybridized carbons (Fsp3) is 0.481. The van der Waals surface area contributed by atoms with Gasteiger partial charge in [0.15, 0.2) is 0 Å². The number of hydrogen-bond donors (Lipinski definition) is 1. The van der Waals surface area contributed by atoms with E-state index in [4.69, 9.17) is 4.74 Å². The van der Waals surface area contributed by atoms with Crippen molar-refractivity contribution in [1.82, 2.24) is 10.2 Å². The van der Waals surface area contributed by atoms with Gasteiger partial charge in [-0.2, -0.15) is 0 Å². The number of rotatable bonds is 11. The molecule has 36 heavy (non-hydrogen) atoms. The van der Waals surface area contributed by atoms with Crippen LogP contribution >= 0.6 is 0 Å². The van der Waals surface area contributed by atoms with Crippen LogP contribution in [0.5, 0.6) is 5.75 Å². The largest absolute Gasteiger partial charge is 0.497 e. The zero-order valence-electron chi connectivity index (χ0n) is 21.4. The van der Waals surface area contributed by atoms with Crippen LogP contribution in [0.1, 0.15) is 51.0 Å². The summed E-state index contributed by atoms with van der Waals surface area (Å²) in [4.78, 5) is 28.6. The topological polar surface area (TPSA) is 96.0 Å². The molecule has 0 spiro atoms. The van der Waals surface area contributed by atoms with Crippen molar-refractivity contribution in [3.63, 3.8) is 0 Å². The van der Waals surface area contributed by atoms with Crippen LogP contribution in [0.4, 0.5) is 5.69 Å². The van der Waals surface area contributed by atoms with Gasteiger partial charge in [-0.25, -0.2) is 8.42 Å². The molecule has 196 valence electrons. The van der Waals surface area contributed by atoms with Gasteiger partial charge in [-0.15, -0.1) is 0 Å². The summed E-state index contributed by atoms with van der Waals surface area (Å²) >= 11 is 0. The summed E-state index contributed by atoms with van der Waals surface area (Å²) in [6.45, 7) is 1.64. The molecule has 1 N–H and O–H groups in total. The Morgan fingerprint density at radius 3 is 2.36 bits per heavy atom. The first kappa shape index (κ1) is 27.5. The van der Waals surface area contributed by atoms with Crippen molar-refractivity contribution < 1.29 is 22.7 Å². The van der Waals surface area contributed by atoms with E-state index in [1.54, 1.807) is 24.3 Å². The molecule has 2 aromatic rings. The predicted molar refractivity (Wildman–Crippen MR) is 141 cm³/mol. The molecule has 1 aliphatic rings. The van der Waals surface area contributed by atoms with Crippen molar-refractivity contribution in [1.29, 1.82) is 0 Å². The lowest BCUT2D eigenvalue weighted by molar-refractivity contribution is -0.140. The molecule has 0 radical (unpaired) electrons. The van der Waals surface area contributed by atoms with E-state index in [9.17, 15) is 18.0 Å². The molecule has 0 bridgehead atoms. The van der Waals surface area contributed by atoms with Gasteiger partial charge in [0.1, 0.15) is 18.3 Å². The summed E-state index contributed by atoms with van der Waals surface area (Å²) in [6, 6.07) is 15.4. The first-order valence-electron chi connectivity index (χ1n) is 12.5. The van der Waals surface area contributed by atoms with Crippen molar-refractivity contribution in [2.75, 3.05) is 24.2 Å². The number of methoxy groups -OCH3 is 1. The second kappa shape index (κ2) is 12.8. The lowest BCUT2D eigenvalue weighted by atomic mass is 9.95. The smallest absolute Gasteiger partial charge is 0.244 e. The Balaban J connectivity index is 1.89. The van der Waals surface area contributed by atoms with Crippen molar-refractivity contribution >= 4 is 27.5 Å². The van der Waals surface area contributed by atoms with Crippen LogP contribution in [-0.2, 0) is 26.2 Å². The molecule has 9 heteroatoms. The standard InChI is InChI=1S/C27H37N3O5S/c1-4-25(27(32)28-22-14-9-6-10-15-22)29(19-21-12-7-5-8-13-21)26(31)20-30(36(3,33)34)23-16-11-17-24(18-23)35-2/h5,7-8,11-13,16-18,22,25H,4,6,9-10,14-15,19-20H2,1-3H3,(H,28,32)/t25-/m1/s1. The van der Waals surface area contributed by atoms with E-state index in [1.807, 2.05) is 37.3 Å². The molecule has 2 amide bonds. The van der Waals surface area contributed by atoms with E-state index in [0.29, 0.717) is 17.9 Å². The number of ether oxygens (including phenoxy) is 1. The predicted octanol–water partition coefficient (Wildman–Crippen LogP) is 3.72. The highest BCUT2D eigenvalue weighted by molar-refractivity contribution is 7.92. The highest BCUT2D eigenvalue weighted by atomic mass is 32.2. The average Bonchev–Trinajstić information content (AvgIpc) is 2.87. The highest BCUT2D eigenvalue weighted by Gasteiger charge is 2.32. The second-order valence-corrected chi connectivity index (χ2v) is 11.2. The van der Waals surface area contributed by atoms with E-state index in [-0.39, 0.29) is 18.5 Å². The Kier molecular flexibility index (Phi) is 9.75. The second-order valence-electron chi connectivity index (χ2n) is 9.25. The Bertz CT molecular complexity index is 1120. The molecule has 0 unspecified atom stereocenters. The van der Waals surface area contributed by atoms with Crippen LogP contribution in [0.2, 0.25) is 0 Å². The van der Waals surface area contributed by atoms with Crippen molar-refractivity contribution in [3.05, 3.63) is 60.2 Å². The van der Waals surface area contributed by atoms with Gasteiger partial charge in [0, 0.05) is 18.7 Å². The van der Waals surface area contributed by atoms with E-state index in [0.717, 1.165) is 41.8 Å². The number of amides is 2. The molecule has 1 atom stereocenters. The van der Waals surface area contributed by atoms with Crippen LogP contribution in [-0.4, -0.2) is 57.1 Å². The molecule has 0 aliphatic heterocycles. The Labute approximate surface area is 214 Å². The maximum Gasteiger partial charge on any atom is 0.244 e. The Morgan fingerprint density at radius 1 is 1.06 bits per heavy atom. The van der Waals surface area contributed by atoms with Gasteiger partial charge in [-0.05, 0) is 37.0 Å². The number of anilines is 1. The number of benzene rings is 2.